The van der Waals surface area contributed by atoms with Gasteiger partial charge < -0.3 is 10.6 Å². The molecule has 1 fully saturated rings. The van der Waals surface area contributed by atoms with E-state index < -0.39 is 5.91 Å². The van der Waals surface area contributed by atoms with Crippen molar-refractivity contribution in [3.05, 3.63) is 17.5 Å². The summed E-state index contributed by atoms with van der Waals surface area (Å²) in [6.45, 7) is 3.39. The molecule has 19 heavy (non-hydrogen) atoms. The van der Waals surface area contributed by atoms with Gasteiger partial charge in [0, 0.05) is 18.2 Å². The SMILES string of the molecule is CSCCCN1CCCC(c2cc(C(N)=O)n[nH]2)C1. The Morgan fingerprint density at radius 3 is 3.21 bits per heavy atom. The third-order valence-electron chi connectivity index (χ3n) is 3.62. The van der Waals surface area contributed by atoms with E-state index in [-0.39, 0.29) is 0 Å². The molecule has 1 aromatic heterocycles. The smallest absolute Gasteiger partial charge is 0.269 e. The molecule has 1 aromatic rings. The number of thioether (sulfide) groups is 1. The first-order chi connectivity index (χ1) is 9.20. The van der Waals surface area contributed by atoms with Gasteiger partial charge in [-0.3, -0.25) is 9.89 Å². The second kappa shape index (κ2) is 6.96. The molecule has 106 valence electrons. The van der Waals surface area contributed by atoms with Crippen LogP contribution in [0.25, 0.3) is 0 Å². The van der Waals surface area contributed by atoms with Crippen LogP contribution in [0.2, 0.25) is 0 Å². The number of nitrogens with zero attached hydrogens (tertiary/aromatic N) is 2. The Kier molecular flexibility index (Phi) is 5.27. The summed E-state index contributed by atoms with van der Waals surface area (Å²) in [6, 6.07) is 1.80. The van der Waals surface area contributed by atoms with Gasteiger partial charge in [-0.2, -0.15) is 16.9 Å². The molecule has 1 unspecified atom stereocenters. The summed E-state index contributed by atoms with van der Waals surface area (Å²) in [5.41, 5.74) is 6.62. The van der Waals surface area contributed by atoms with Crippen LogP contribution in [-0.2, 0) is 0 Å². The Labute approximate surface area is 118 Å². The van der Waals surface area contributed by atoms with Gasteiger partial charge in [0.2, 0.25) is 0 Å². The summed E-state index contributed by atoms with van der Waals surface area (Å²) in [4.78, 5) is 13.6. The van der Waals surface area contributed by atoms with Crippen LogP contribution in [0.1, 0.15) is 41.4 Å². The van der Waals surface area contributed by atoms with E-state index in [1.54, 1.807) is 6.07 Å². The summed E-state index contributed by atoms with van der Waals surface area (Å²) >= 11 is 1.90. The lowest BCUT2D eigenvalue weighted by Gasteiger charge is -2.32. The van der Waals surface area contributed by atoms with Crippen molar-refractivity contribution in [1.29, 1.82) is 0 Å². The lowest BCUT2D eigenvalue weighted by Crippen LogP contribution is -2.35. The molecule has 0 bridgehead atoms. The van der Waals surface area contributed by atoms with Crippen LogP contribution in [0.4, 0.5) is 0 Å². The maximum atomic E-state index is 11.1. The second-order valence-corrected chi connectivity index (χ2v) is 6.04. The average Bonchev–Trinajstić information content (AvgIpc) is 2.89. The molecule has 1 amide bonds. The van der Waals surface area contributed by atoms with Crippen molar-refractivity contribution in [2.45, 2.75) is 25.2 Å². The topological polar surface area (TPSA) is 75.0 Å². The van der Waals surface area contributed by atoms with E-state index in [1.807, 2.05) is 11.8 Å². The molecule has 0 spiro atoms. The Balaban J connectivity index is 1.90. The normalized spacial score (nSPS) is 20.6. The van der Waals surface area contributed by atoms with Crippen LogP contribution in [-0.4, -0.2) is 52.6 Å². The van der Waals surface area contributed by atoms with Crippen molar-refractivity contribution in [1.82, 2.24) is 15.1 Å². The van der Waals surface area contributed by atoms with Gasteiger partial charge in [-0.25, -0.2) is 0 Å². The maximum Gasteiger partial charge on any atom is 0.269 e. The minimum atomic E-state index is -0.463. The number of carbonyl (C=O) groups excluding carboxylic acids is 1. The Bertz CT molecular complexity index is 421. The molecule has 1 atom stereocenters. The number of amides is 1. The van der Waals surface area contributed by atoms with E-state index >= 15 is 0 Å². The fourth-order valence-electron chi connectivity index (χ4n) is 2.62. The predicted molar refractivity (Wildman–Crippen MR) is 78.5 cm³/mol. The highest BCUT2D eigenvalue weighted by Crippen LogP contribution is 2.26. The quantitative estimate of drug-likeness (QED) is 0.774. The molecule has 3 N–H and O–H groups in total. The molecular weight excluding hydrogens is 260 g/mol. The second-order valence-electron chi connectivity index (χ2n) is 5.06. The predicted octanol–water partition coefficient (Wildman–Crippen LogP) is 1.44. The molecule has 1 saturated heterocycles. The van der Waals surface area contributed by atoms with E-state index in [0.717, 1.165) is 25.2 Å². The Morgan fingerprint density at radius 1 is 1.68 bits per heavy atom. The van der Waals surface area contributed by atoms with E-state index in [9.17, 15) is 4.79 Å². The fraction of sp³-hybridized carbons (Fsp3) is 0.692. The largest absolute Gasteiger partial charge is 0.364 e. The van der Waals surface area contributed by atoms with Gasteiger partial charge in [-0.05, 0) is 50.4 Å². The van der Waals surface area contributed by atoms with Gasteiger partial charge in [0.1, 0.15) is 5.69 Å². The first-order valence-electron chi connectivity index (χ1n) is 6.77. The number of likely N-dealkylation sites (tertiary alicyclic amines) is 1. The van der Waals surface area contributed by atoms with E-state index in [0.29, 0.717) is 11.6 Å². The molecule has 5 nitrogen and oxygen atoms in total. The maximum absolute atomic E-state index is 11.1. The lowest BCUT2D eigenvalue weighted by molar-refractivity contribution is 0.0995. The van der Waals surface area contributed by atoms with Gasteiger partial charge >= 0.3 is 0 Å². The number of piperidine rings is 1. The van der Waals surface area contributed by atoms with Crippen molar-refractivity contribution in [3.8, 4) is 0 Å². The number of primary amides is 1. The third kappa shape index (κ3) is 3.98. The van der Waals surface area contributed by atoms with Crippen LogP contribution < -0.4 is 5.73 Å². The van der Waals surface area contributed by atoms with Crippen molar-refractivity contribution in [2.75, 3.05) is 31.6 Å². The van der Waals surface area contributed by atoms with Crippen LogP contribution in [0.15, 0.2) is 6.07 Å². The van der Waals surface area contributed by atoms with Gasteiger partial charge in [0.15, 0.2) is 0 Å². The minimum Gasteiger partial charge on any atom is -0.364 e. The van der Waals surface area contributed by atoms with Crippen molar-refractivity contribution >= 4 is 17.7 Å². The highest BCUT2D eigenvalue weighted by molar-refractivity contribution is 7.98. The molecule has 0 aromatic carbocycles. The van der Waals surface area contributed by atoms with Gasteiger partial charge in [-0.15, -0.1) is 0 Å². The standard InChI is InChI=1S/C13H22N4OS/c1-19-7-3-6-17-5-2-4-10(9-17)11-8-12(13(14)18)16-15-11/h8,10H,2-7,9H2,1H3,(H2,14,18)(H,15,16). The van der Waals surface area contributed by atoms with Gasteiger partial charge in [-0.1, -0.05) is 0 Å². The molecule has 1 aliphatic heterocycles. The van der Waals surface area contributed by atoms with Gasteiger partial charge in [0.05, 0.1) is 0 Å². The summed E-state index contributed by atoms with van der Waals surface area (Å²) in [6.07, 6.45) is 5.74. The molecule has 0 radical (unpaired) electrons. The van der Waals surface area contributed by atoms with E-state index in [2.05, 4.69) is 21.4 Å². The van der Waals surface area contributed by atoms with Crippen LogP contribution >= 0.6 is 11.8 Å². The number of rotatable bonds is 6. The fourth-order valence-corrected chi connectivity index (χ4v) is 3.03. The Morgan fingerprint density at radius 2 is 2.53 bits per heavy atom. The summed E-state index contributed by atoms with van der Waals surface area (Å²) < 4.78 is 0. The summed E-state index contributed by atoms with van der Waals surface area (Å²) in [7, 11) is 0. The highest BCUT2D eigenvalue weighted by Gasteiger charge is 2.23. The summed E-state index contributed by atoms with van der Waals surface area (Å²) in [5, 5.41) is 6.93. The van der Waals surface area contributed by atoms with Gasteiger partial charge in [0.25, 0.3) is 5.91 Å². The first-order valence-corrected chi connectivity index (χ1v) is 8.16. The van der Waals surface area contributed by atoms with Crippen molar-refractivity contribution in [3.63, 3.8) is 0 Å². The zero-order chi connectivity index (χ0) is 13.7. The Hall–Kier alpha value is -1.01. The summed E-state index contributed by atoms with van der Waals surface area (Å²) in [5.74, 6) is 1.20. The molecule has 1 aliphatic rings. The number of aromatic nitrogens is 2. The first kappa shape index (κ1) is 14.4. The molecule has 0 saturated carbocycles. The number of carbonyl (C=O) groups is 1. The average molecular weight is 282 g/mol. The molecule has 2 rings (SSSR count). The number of nitrogens with one attached hydrogen (secondary N) is 1. The lowest BCUT2D eigenvalue weighted by atomic mass is 9.94. The van der Waals surface area contributed by atoms with Crippen LogP contribution in [0.5, 0.6) is 0 Å². The van der Waals surface area contributed by atoms with Crippen molar-refractivity contribution < 1.29 is 4.79 Å². The zero-order valence-corrected chi connectivity index (χ0v) is 12.2. The third-order valence-corrected chi connectivity index (χ3v) is 4.32. The molecule has 6 heteroatoms. The zero-order valence-electron chi connectivity index (χ0n) is 11.4. The molecular formula is C13H22N4OS. The van der Waals surface area contributed by atoms with E-state index in [4.69, 9.17) is 5.73 Å². The molecule has 2 heterocycles. The number of H-pyrrole nitrogens is 1. The minimum absolute atomic E-state index is 0.342. The van der Waals surface area contributed by atoms with Crippen LogP contribution in [0.3, 0.4) is 0 Å². The van der Waals surface area contributed by atoms with Crippen molar-refractivity contribution in [2.24, 2.45) is 5.73 Å². The highest BCUT2D eigenvalue weighted by atomic mass is 32.2. The number of aromatic amines is 1. The number of nitrogens with two attached hydrogens (primary N) is 1. The monoisotopic (exact) mass is 282 g/mol. The van der Waals surface area contributed by atoms with E-state index in [1.165, 1.54) is 25.1 Å². The number of hydrogen-bond acceptors (Lipinski definition) is 4. The number of hydrogen-bond donors (Lipinski definition) is 2. The molecule has 0 aliphatic carbocycles. The van der Waals surface area contributed by atoms with Crippen LogP contribution in [0, 0.1) is 0 Å².